The van der Waals surface area contributed by atoms with Crippen molar-refractivity contribution in [1.82, 2.24) is 5.43 Å². The largest absolute Gasteiger partial charge is 0.489 e. The first-order chi connectivity index (χ1) is 17.2. The Balaban J connectivity index is 1.28. The van der Waals surface area contributed by atoms with Gasteiger partial charge < -0.3 is 9.47 Å². The fourth-order valence-electron chi connectivity index (χ4n) is 3.50. The van der Waals surface area contributed by atoms with Gasteiger partial charge in [0, 0.05) is 18.6 Å². The zero-order chi connectivity index (χ0) is 24.1. The second kappa shape index (κ2) is 12.8. The lowest BCUT2D eigenvalue weighted by atomic mass is 10.0. The molecule has 4 aromatic rings. The third-order valence-corrected chi connectivity index (χ3v) is 5.28. The van der Waals surface area contributed by atoms with Crippen molar-refractivity contribution in [2.45, 2.75) is 19.4 Å². The molecule has 0 aliphatic heterocycles. The molecule has 0 saturated heterocycles. The summed E-state index contributed by atoms with van der Waals surface area (Å²) >= 11 is 0. The van der Waals surface area contributed by atoms with Gasteiger partial charge in [-0.1, -0.05) is 91.0 Å². The Hall–Kier alpha value is -4.38. The van der Waals surface area contributed by atoms with Crippen LogP contribution in [0, 0.1) is 0 Å². The third kappa shape index (κ3) is 8.16. The fourth-order valence-corrected chi connectivity index (χ4v) is 3.50. The van der Waals surface area contributed by atoms with Crippen molar-refractivity contribution >= 4 is 11.6 Å². The monoisotopic (exact) mass is 464 g/mol. The van der Waals surface area contributed by atoms with E-state index in [1.54, 1.807) is 12.1 Å². The van der Waals surface area contributed by atoms with Crippen LogP contribution >= 0.6 is 0 Å². The van der Waals surface area contributed by atoms with Crippen LogP contribution in [0.5, 0.6) is 11.5 Å². The smallest absolute Gasteiger partial charge is 0.277 e. The average molecular weight is 465 g/mol. The number of rotatable bonds is 11. The summed E-state index contributed by atoms with van der Waals surface area (Å²) in [6.07, 6.45) is 1.31. The van der Waals surface area contributed by atoms with Crippen molar-refractivity contribution < 1.29 is 14.3 Å². The standard InChI is InChI=1S/C30H28N2O3/c33-30(23-35-29-18-16-28(17-19-29)34-22-26-14-8-3-9-15-26)32-31-27(20-24-10-4-1-5-11-24)21-25-12-6-2-7-13-25/h1-19H,20-23H2,(H,32,33). The molecule has 0 fully saturated rings. The van der Waals surface area contributed by atoms with Gasteiger partial charge in [0.05, 0.1) is 0 Å². The molecule has 4 rings (SSSR count). The van der Waals surface area contributed by atoms with Gasteiger partial charge in [0.25, 0.3) is 5.91 Å². The highest BCUT2D eigenvalue weighted by molar-refractivity contribution is 5.90. The molecule has 0 aliphatic rings. The minimum Gasteiger partial charge on any atom is -0.489 e. The maximum Gasteiger partial charge on any atom is 0.277 e. The van der Waals surface area contributed by atoms with Gasteiger partial charge in [0.2, 0.25) is 0 Å². The number of nitrogens with zero attached hydrogens (tertiary/aromatic N) is 1. The maximum absolute atomic E-state index is 12.4. The summed E-state index contributed by atoms with van der Waals surface area (Å²) < 4.78 is 11.4. The Kier molecular flexibility index (Phi) is 8.66. The van der Waals surface area contributed by atoms with E-state index in [9.17, 15) is 4.79 Å². The number of nitrogens with one attached hydrogen (secondary N) is 1. The van der Waals surface area contributed by atoms with Crippen molar-refractivity contribution in [1.29, 1.82) is 0 Å². The molecular weight excluding hydrogens is 436 g/mol. The van der Waals surface area contributed by atoms with Crippen LogP contribution in [0.4, 0.5) is 0 Å². The second-order valence-corrected chi connectivity index (χ2v) is 8.07. The molecule has 5 nitrogen and oxygen atoms in total. The van der Waals surface area contributed by atoms with Crippen molar-refractivity contribution in [3.63, 3.8) is 0 Å². The van der Waals surface area contributed by atoms with Crippen LogP contribution in [-0.2, 0) is 24.2 Å². The van der Waals surface area contributed by atoms with Crippen LogP contribution in [0.3, 0.4) is 0 Å². The van der Waals surface area contributed by atoms with Gasteiger partial charge in [-0.05, 0) is 41.0 Å². The zero-order valence-electron chi connectivity index (χ0n) is 19.5. The Bertz CT molecular complexity index is 1170. The molecule has 0 radical (unpaired) electrons. The highest BCUT2D eigenvalue weighted by Crippen LogP contribution is 2.18. The highest BCUT2D eigenvalue weighted by Gasteiger charge is 2.07. The van der Waals surface area contributed by atoms with Crippen LogP contribution < -0.4 is 14.9 Å². The van der Waals surface area contributed by atoms with Gasteiger partial charge >= 0.3 is 0 Å². The van der Waals surface area contributed by atoms with E-state index < -0.39 is 0 Å². The van der Waals surface area contributed by atoms with Crippen molar-refractivity contribution in [2.75, 3.05) is 6.61 Å². The van der Waals surface area contributed by atoms with E-state index in [0.717, 1.165) is 28.2 Å². The number of carbonyl (C=O) groups excluding carboxylic acids is 1. The first-order valence-corrected chi connectivity index (χ1v) is 11.6. The molecule has 5 heteroatoms. The van der Waals surface area contributed by atoms with Gasteiger partial charge in [-0.3, -0.25) is 4.79 Å². The van der Waals surface area contributed by atoms with Crippen LogP contribution in [0.15, 0.2) is 120 Å². The van der Waals surface area contributed by atoms with Crippen molar-refractivity contribution in [3.8, 4) is 11.5 Å². The molecule has 0 aliphatic carbocycles. The van der Waals surface area contributed by atoms with E-state index in [2.05, 4.69) is 34.8 Å². The Morgan fingerprint density at radius 3 is 1.57 bits per heavy atom. The summed E-state index contributed by atoms with van der Waals surface area (Å²) in [6.45, 7) is 0.368. The molecule has 176 valence electrons. The molecule has 0 spiro atoms. The molecule has 35 heavy (non-hydrogen) atoms. The molecule has 0 unspecified atom stereocenters. The van der Waals surface area contributed by atoms with Crippen molar-refractivity contribution in [2.24, 2.45) is 5.10 Å². The highest BCUT2D eigenvalue weighted by atomic mass is 16.5. The van der Waals surface area contributed by atoms with Crippen LogP contribution in [0.2, 0.25) is 0 Å². The van der Waals surface area contributed by atoms with E-state index >= 15 is 0 Å². The number of carbonyl (C=O) groups is 1. The molecule has 1 amide bonds. The average Bonchev–Trinajstić information content (AvgIpc) is 2.92. The molecule has 0 saturated carbocycles. The first kappa shape index (κ1) is 23.8. The minimum atomic E-state index is -0.312. The van der Waals surface area contributed by atoms with Crippen LogP contribution in [0.1, 0.15) is 16.7 Å². The predicted octanol–water partition coefficient (Wildman–Crippen LogP) is 5.60. The normalized spacial score (nSPS) is 10.3. The Morgan fingerprint density at radius 1 is 0.600 bits per heavy atom. The SMILES string of the molecule is O=C(COc1ccc(OCc2ccccc2)cc1)NN=C(Cc1ccccc1)Cc1ccccc1. The maximum atomic E-state index is 12.4. The summed E-state index contributed by atoms with van der Waals surface area (Å²) in [5.74, 6) is 1.01. The summed E-state index contributed by atoms with van der Waals surface area (Å²) in [7, 11) is 0. The van der Waals surface area contributed by atoms with Gasteiger partial charge in [-0.25, -0.2) is 5.43 Å². The lowest BCUT2D eigenvalue weighted by Gasteiger charge is -2.10. The molecule has 0 atom stereocenters. The number of hydrazone groups is 1. The minimum absolute atomic E-state index is 0.127. The fraction of sp³-hybridized carbons (Fsp3) is 0.133. The number of hydrogen-bond acceptors (Lipinski definition) is 4. The molecule has 0 bridgehead atoms. The first-order valence-electron chi connectivity index (χ1n) is 11.6. The predicted molar refractivity (Wildman–Crippen MR) is 139 cm³/mol. The van der Waals surface area contributed by atoms with Gasteiger partial charge in [-0.2, -0.15) is 5.10 Å². The Labute approximate surface area is 206 Å². The molecule has 4 aromatic carbocycles. The zero-order valence-corrected chi connectivity index (χ0v) is 19.5. The molecular formula is C30H28N2O3. The van der Waals surface area contributed by atoms with Gasteiger partial charge in [0.15, 0.2) is 6.61 Å². The van der Waals surface area contributed by atoms with Gasteiger partial charge in [0.1, 0.15) is 18.1 Å². The van der Waals surface area contributed by atoms with E-state index in [1.165, 1.54) is 0 Å². The van der Waals surface area contributed by atoms with E-state index in [4.69, 9.17) is 9.47 Å². The summed E-state index contributed by atoms with van der Waals surface area (Å²) in [4.78, 5) is 12.4. The topological polar surface area (TPSA) is 59.9 Å². The van der Waals surface area contributed by atoms with Crippen molar-refractivity contribution in [3.05, 3.63) is 132 Å². The van der Waals surface area contributed by atoms with E-state index in [1.807, 2.05) is 78.9 Å². The number of amides is 1. The molecule has 0 aromatic heterocycles. The van der Waals surface area contributed by atoms with Crippen LogP contribution in [-0.4, -0.2) is 18.2 Å². The van der Waals surface area contributed by atoms with Gasteiger partial charge in [-0.15, -0.1) is 0 Å². The van der Waals surface area contributed by atoms with E-state index in [-0.39, 0.29) is 12.5 Å². The number of hydrogen-bond donors (Lipinski definition) is 1. The molecule has 0 heterocycles. The summed E-state index contributed by atoms with van der Waals surface area (Å²) in [6, 6.07) is 37.4. The lowest BCUT2D eigenvalue weighted by Crippen LogP contribution is -2.26. The lowest BCUT2D eigenvalue weighted by molar-refractivity contribution is -0.123. The Morgan fingerprint density at radius 2 is 1.06 bits per heavy atom. The number of benzene rings is 4. The van der Waals surface area contributed by atoms with E-state index in [0.29, 0.717) is 25.2 Å². The van der Waals surface area contributed by atoms with Crippen LogP contribution in [0.25, 0.3) is 0 Å². The second-order valence-electron chi connectivity index (χ2n) is 8.07. The molecule has 1 N–H and O–H groups in total. The summed E-state index contributed by atoms with van der Waals surface area (Å²) in [5, 5.41) is 4.41. The summed E-state index contributed by atoms with van der Waals surface area (Å²) in [5.41, 5.74) is 6.90. The number of ether oxygens (including phenoxy) is 2. The third-order valence-electron chi connectivity index (χ3n) is 5.28. The quantitative estimate of drug-likeness (QED) is 0.232.